The maximum Gasteiger partial charge on any atom is 0.147 e. The summed E-state index contributed by atoms with van der Waals surface area (Å²) in [6.45, 7) is 3.18. The van der Waals surface area contributed by atoms with Gasteiger partial charge in [-0.05, 0) is 47.1 Å². The van der Waals surface area contributed by atoms with Crippen LogP contribution in [0.15, 0.2) is 0 Å². The molecule has 1 aliphatic rings. The number of likely N-dealkylation sites (N-methyl/N-ethyl adjacent to an activating group) is 3. The number of rotatable bonds is 5. The quantitative estimate of drug-likeness (QED) is 0.744. The van der Waals surface area contributed by atoms with E-state index in [1.807, 2.05) is 7.05 Å². The fourth-order valence-corrected chi connectivity index (χ4v) is 3.29. The molecule has 0 aliphatic carbocycles. The Morgan fingerprint density at radius 3 is 2.56 bits per heavy atom. The van der Waals surface area contributed by atoms with Gasteiger partial charge in [-0.3, -0.25) is 0 Å². The molecule has 6 heteroatoms. The van der Waals surface area contributed by atoms with E-state index in [1.54, 1.807) is 0 Å². The molecule has 2 atom stereocenters. The maximum absolute atomic E-state index is 11.3. The summed E-state index contributed by atoms with van der Waals surface area (Å²) in [5, 5.41) is 3.29. The van der Waals surface area contributed by atoms with Gasteiger partial charge in [0.15, 0.2) is 0 Å². The third-order valence-electron chi connectivity index (χ3n) is 3.75. The highest BCUT2D eigenvalue weighted by Gasteiger charge is 2.27. The highest BCUT2D eigenvalue weighted by molar-refractivity contribution is 7.90. The zero-order chi connectivity index (χ0) is 13.8. The topological polar surface area (TPSA) is 52.7 Å². The van der Waals surface area contributed by atoms with Crippen molar-refractivity contribution in [1.29, 1.82) is 0 Å². The molecule has 1 aliphatic heterocycles. The Kier molecular flexibility index (Phi) is 6.04. The summed E-state index contributed by atoms with van der Waals surface area (Å²) in [5.74, 6) is 0.257. The first-order valence-corrected chi connectivity index (χ1v) is 8.63. The predicted molar refractivity (Wildman–Crippen MR) is 75.7 cm³/mol. The van der Waals surface area contributed by atoms with Gasteiger partial charge in [-0.1, -0.05) is 0 Å². The zero-order valence-electron chi connectivity index (χ0n) is 12.0. The number of nitrogens with zero attached hydrogens (tertiary/aromatic N) is 2. The molecule has 0 amide bonds. The Bertz CT molecular complexity index is 345. The minimum absolute atomic E-state index is 0.227. The van der Waals surface area contributed by atoms with E-state index in [1.165, 1.54) is 12.7 Å². The van der Waals surface area contributed by atoms with Crippen molar-refractivity contribution in [1.82, 2.24) is 15.1 Å². The first-order chi connectivity index (χ1) is 8.33. The maximum atomic E-state index is 11.3. The summed E-state index contributed by atoms with van der Waals surface area (Å²) in [5.41, 5.74) is 0. The van der Waals surface area contributed by atoms with Gasteiger partial charge in [-0.2, -0.15) is 0 Å². The SMILES string of the molecule is CNC(CCS(C)(=O)=O)C1CN(C)CCCN1C. The van der Waals surface area contributed by atoms with Crippen LogP contribution in [0.1, 0.15) is 12.8 Å². The van der Waals surface area contributed by atoms with Gasteiger partial charge < -0.3 is 15.1 Å². The van der Waals surface area contributed by atoms with Crippen LogP contribution in [0.2, 0.25) is 0 Å². The molecule has 1 heterocycles. The summed E-state index contributed by atoms with van der Waals surface area (Å²) in [6, 6.07) is 0.606. The van der Waals surface area contributed by atoms with Crippen LogP contribution in [0.3, 0.4) is 0 Å². The van der Waals surface area contributed by atoms with E-state index in [0.29, 0.717) is 12.5 Å². The van der Waals surface area contributed by atoms with Crippen LogP contribution in [-0.2, 0) is 9.84 Å². The minimum atomic E-state index is -2.88. The molecule has 2 unspecified atom stereocenters. The van der Waals surface area contributed by atoms with E-state index in [4.69, 9.17) is 0 Å². The van der Waals surface area contributed by atoms with Gasteiger partial charge in [0.25, 0.3) is 0 Å². The summed E-state index contributed by atoms with van der Waals surface area (Å²) < 4.78 is 22.6. The molecule has 18 heavy (non-hydrogen) atoms. The van der Waals surface area contributed by atoms with Gasteiger partial charge in [0.1, 0.15) is 9.84 Å². The highest BCUT2D eigenvalue weighted by Crippen LogP contribution is 2.13. The van der Waals surface area contributed by atoms with Crippen molar-refractivity contribution in [3.05, 3.63) is 0 Å². The molecular weight excluding hydrogens is 250 g/mol. The number of hydrogen-bond donors (Lipinski definition) is 1. The average Bonchev–Trinajstić information content (AvgIpc) is 2.41. The first-order valence-electron chi connectivity index (χ1n) is 6.57. The lowest BCUT2D eigenvalue weighted by Crippen LogP contribution is -2.51. The molecule has 108 valence electrons. The van der Waals surface area contributed by atoms with Gasteiger partial charge in [0.05, 0.1) is 5.75 Å². The lowest BCUT2D eigenvalue weighted by Gasteiger charge is -2.34. The molecule has 5 nitrogen and oxygen atoms in total. The lowest BCUT2D eigenvalue weighted by molar-refractivity contribution is 0.179. The molecule has 1 fully saturated rings. The van der Waals surface area contributed by atoms with Crippen LogP contribution in [0.5, 0.6) is 0 Å². The van der Waals surface area contributed by atoms with Crippen molar-refractivity contribution < 1.29 is 8.42 Å². The number of hydrogen-bond acceptors (Lipinski definition) is 5. The highest BCUT2D eigenvalue weighted by atomic mass is 32.2. The van der Waals surface area contributed by atoms with E-state index in [0.717, 1.165) is 19.6 Å². The molecule has 0 aromatic carbocycles. The Morgan fingerprint density at radius 1 is 1.33 bits per heavy atom. The van der Waals surface area contributed by atoms with E-state index in [9.17, 15) is 8.42 Å². The largest absolute Gasteiger partial charge is 0.315 e. The Balaban J connectivity index is 2.66. The van der Waals surface area contributed by atoms with E-state index >= 15 is 0 Å². The van der Waals surface area contributed by atoms with Crippen molar-refractivity contribution in [2.24, 2.45) is 0 Å². The van der Waals surface area contributed by atoms with E-state index in [-0.39, 0.29) is 11.8 Å². The second-order valence-electron chi connectivity index (χ2n) is 5.48. The van der Waals surface area contributed by atoms with Gasteiger partial charge in [-0.25, -0.2) is 8.42 Å². The van der Waals surface area contributed by atoms with Gasteiger partial charge >= 0.3 is 0 Å². The second kappa shape index (κ2) is 6.84. The Morgan fingerprint density at radius 2 is 2.00 bits per heavy atom. The second-order valence-corrected chi connectivity index (χ2v) is 7.74. The third-order valence-corrected chi connectivity index (χ3v) is 4.73. The van der Waals surface area contributed by atoms with Crippen LogP contribution in [0, 0.1) is 0 Å². The van der Waals surface area contributed by atoms with Crippen LogP contribution >= 0.6 is 0 Å². The summed E-state index contributed by atoms with van der Waals surface area (Å²) in [7, 11) is 3.31. The number of nitrogens with one attached hydrogen (secondary N) is 1. The van der Waals surface area contributed by atoms with Gasteiger partial charge in [0.2, 0.25) is 0 Å². The van der Waals surface area contributed by atoms with Gasteiger partial charge in [-0.15, -0.1) is 0 Å². The van der Waals surface area contributed by atoms with E-state index < -0.39 is 9.84 Å². The minimum Gasteiger partial charge on any atom is -0.315 e. The molecule has 0 aromatic heterocycles. The Hall–Kier alpha value is -0.170. The third kappa shape index (κ3) is 5.22. The fraction of sp³-hybridized carbons (Fsp3) is 1.00. The summed E-state index contributed by atoms with van der Waals surface area (Å²) in [6.07, 6.45) is 3.16. The summed E-state index contributed by atoms with van der Waals surface area (Å²) >= 11 is 0. The smallest absolute Gasteiger partial charge is 0.147 e. The van der Waals surface area contributed by atoms with Crippen LogP contribution in [0.4, 0.5) is 0 Å². The molecule has 0 aromatic rings. The predicted octanol–water partition coefficient (Wildman–Crippen LogP) is -0.355. The van der Waals surface area contributed by atoms with Crippen molar-refractivity contribution >= 4 is 9.84 Å². The normalized spacial score (nSPS) is 25.9. The molecule has 0 radical (unpaired) electrons. The average molecular weight is 277 g/mol. The zero-order valence-corrected chi connectivity index (χ0v) is 12.8. The standard InChI is InChI=1S/C12H27N3O2S/c1-13-11(6-9-18(4,16)17)12-10-14(2)7-5-8-15(12)3/h11-13H,5-10H2,1-4H3. The van der Waals surface area contributed by atoms with Crippen molar-refractivity contribution in [3.63, 3.8) is 0 Å². The molecule has 1 rings (SSSR count). The van der Waals surface area contributed by atoms with Crippen molar-refractivity contribution in [2.45, 2.75) is 24.9 Å². The van der Waals surface area contributed by atoms with Crippen molar-refractivity contribution in [3.8, 4) is 0 Å². The molecule has 1 N–H and O–H groups in total. The number of sulfone groups is 1. The summed E-state index contributed by atoms with van der Waals surface area (Å²) in [4.78, 5) is 4.69. The van der Waals surface area contributed by atoms with Crippen LogP contribution in [0.25, 0.3) is 0 Å². The first kappa shape index (κ1) is 15.9. The molecule has 0 spiro atoms. The molecule has 1 saturated heterocycles. The fourth-order valence-electron chi connectivity index (χ4n) is 2.61. The molecular formula is C12H27N3O2S. The van der Waals surface area contributed by atoms with E-state index in [2.05, 4.69) is 29.2 Å². The molecule has 0 saturated carbocycles. The van der Waals surface area contributed by atoms with Crippen molar-refractivity contribution in [2.75, 3.05) is 52.8 Å². The lowest BCUT2D eigenvalue weighted by atomic mass is 10.0. The van der Waals surface area contributed by atoms with Gasteiger partial charge in [0, 0.05) is 24.9 Å². The van der Waals surface area contributed by atoms with Crippen LogP contribution < -0.4 is 5.32 Å². The monoisotopic (exact) mass is 277 g/mol. The Labute approximate surface area is 111 Å². The molecule has 0 bridgehead atoms. The van der Waals surface area contributed by atoms with Crippen LogP contribution in [-0.4, -0.2) is 83.1 Å².